The molecule has 2 unspecified atom stereocenters. The van der Waals surface area contributed by atoms with Gasteiger partial charge >= 0.3 is 0 Å². The van der Waals surface area contributed by atoms with Gasteiger partial charge in [-0.25, -0.2) is 4.98 Å². The molecule has 1 fully saturated rings. The molecule has 1 aliphatic heterocycles. The third-order valence-electron chi connectivity index (χ3n) is 3.31. The standard InChI is InChI=1S/C14H19N3O/c1-10-7-17(8-11(2)18-10)9-14-15-12-5-3-4-6-13(12)16-14/h3-6,10-11H,7-9H2,1-2H3,(H,15,16). The van der Waals surface area contributed by atoms with Crippen LogP contribution < -0.4 is 0 Å². The molecule has 2 aromatic rings. The number of morpholine rings is 1. The molecule has 1 aromatic carbocycles. The van der Waals surface area contributed by atoms with Crippen molar-refractivity contribution >= 4 is 11.0 Å². The topological polar surface area (TPSA) is 41.2 Å². The zero-order valence-electron chi connectivity index (χ0n) is 10.9. The summed E-state index contributed by atoms with van der Waals surface area (Å²) in [5, 5.41) is 0. The maximum absolute atomic E-state index is 5.74. The van der Waals surface area contributed by atoms with Gasteiger partial charge in [0.25, 0.3) is 0 Å². The number of nitrogens with zero attached hydrogens (tertiary/aromatic N) is 2. The molecule has 2 atom stereocenters. The first-order chi connectivity index (χ1) is 8.70. The molecule has 2 heterocycles. The summed E-state index contributed by atoms with van der Waals surface area (Å²) < 4.78 is 5.74. The Balaban J connectivity index is 1.75. The van der Waals surface area contributed by atoms with E-state index in [0.29, 0.717) is 12.2 Å². The number of benzene rings is 1. The zero-order valence-corrected chi connectivity index (χ0v) is 10.9. The number of aromatic amines is 1. The van der Waals surface area contributed by atoms with Crippen LogP contribution in [0.3, 0.4) is 0 Å². The van der Waals surface area contributed by atoms with Crippen molar-refractivity contribution in [1.29, 1.82) is 0 Å². The van der Waals surface area contributed by atoms with Crippen molar-refractivity contribution in [2.24, 2.45) is 0 Å². The number of ether oxygens (including phenoxy) is 1. The van der Waals surface area contributed by atoms with E-state index in [0.717, 1.165) is 36.5 Å². The summed E-state index contributed by atoms with van der Waals surface area (Å²) in [5.41, 5.74) is 2.16. The van der Waals surface area contributed by atoms with Gasteiger partial charge in [-0.1, -0.05) is 12.1 Å². The number of para-hydroxylation sites is 2. The Labute approximate surface area is 107 Å². The third-order valence-corrected chi connectivity index (χ3v) is 3.31. The molecule has 96 valence electrons. The van der Waals surface area contributed by atoms with Crippen LogP contribution in [0.15, 0.2) is 24.3 Å². The molecule has 0 aliphatic carbocycles. The van der Waals surface area contributed by atoms with Crippen LogP contribution in [-0.2, 0) is 11.3 Å². The fourth-order valence-electron chi connectivity index (χ4n) is 2.71. The molecule has 0 bridgehead atoms. The smallest absolute Gasteiger partial charge is 0.121 e. The Morgan fingerprint density at radius 3 is 2.72 bits per heavy atom. The van der Waals surface area contributed by atoms with Crippen LogP contribution >= 0.6 is 0 Å². The number of hydrogen-bond donors (Lipinski definition) is 1. The first-order valence-corrected chi connectivity index (χ1v) is 6.52. The van der Waals surface area contributed by atoms with Gasteiger partial charge in [-0.05, 0) is 26.0 Å². The van der Waals surface area contributed by atoms with Gasteiger partial charge in [-0.2, -0.15) is 0 Å². The summed E-state index contributed by atoms with van der Waals surface area (Å²) in [6, 6.07) is 8.16. The van der Waals surface area contributed by atoms with Gasteiger partial charge in [0.1, 0.15) is 5.82 Å². The van der Waals surface area contributed by atoms with Crippen LogP contribution in [-0.4, -0.2) is 40.2 Å². The molecule has 3 rings (SSSR count). The molecule has 0 amide bonds. The molecule has 0 saturated carbocycles. The van der Waals surface area contributed by atoms with Gasteiger partial charge in [-0.3, -0.25) is 4.90 Å². The maximum atomic E-state index is 5.74. The molecule has 1 saturated heterocycles. The average molecular weight is 245 g/mol. The number of fused-ring (bicyclic) bond motifs is 1. The third kappa shape index (κ3) is 2.40. The van der Waals surface area contributed by atoms with E-state index < -0.39 is 0 Å². The second-order valence-corrected chi connectivity index (χ2v) is 5.15. The van der Waals surface area contributed by atoms with Gasteiger partial charge in [0.05, 0.1) is 29.8 Å². The average Bonchev–Trinajstić information content (AvgIpc) is 2.69. The SMILES string of the molecule is CC1CN(Cc2nc3ccccc3[nH]2)CC(C)O1. The molecule has 4 nitrogen and oxygen atoms in total. The van der Waals surface area contributed by atoms with E-state index in [1.807, 2.05) is 18.2 Å². The van der Waals surface area contributed by atoms with Crippen molar-refractivity contribution in [3.8, 4) is 0 Å². The van der Waals surface area contributed by atoms with Crippen LogP contribution in [0.5, 0.6) is 0 Å². The Hall–Kier alpha value is -1.39. The van der Waals surface area contributed by atoms with Crippen molar-refractivity contribution in [2.75, 3.05) is 13.1 Å². The van der Waals surface area contributed by atoms with Crippen molar-refractivity contribution < 1.29 is 4.74 Å². The monoisotopic (exact) mass is 245 g/mol. The second kappa shape index (κ2) is 4.71. The maximum Gasteiger partial charge on any atom is 0.121 e. The van der Waals surface area contributed by atoms with Crippen LogP contribution in [0, 0.1) is 0 Å². The Bertz CT molecular complexity index is 494. The zero-order chi connectivity index (χ0) is 12.5. The number of H-pyrrole nitrogens is 1. The summed E-state index contributed by atoms with van der Waals surface area (Å²) in [7, 11) is 0. The Morgan fingerprint density at radius 1 is 1.28 bits per heavy atom. The number of nitrogens with one attached hydrogen (secondary N) is 1. The lowest BCUT2D eigenvalue weighted by Crippen LogP contribution is -2.44. The molecule has 4 heteroatoms. The van der Waals surface area contributed by atoms with Gasteiger partial charge in [0, 0.05) is 13.1 Å². The van der Waals surface area contributed by atoms with Crippen LogP contribution in [0.1, 0.15) is 19.7 Å². The summed E-state index contributed by atoms with van der Waals surface area (Å²) in [6.07, 6.45) is 0.608. The Kier molecular flexibility index (Phi) is 3.06. The Morgan fingerprint density at radius 2 is 2.00 bits per heavy atom. The van der Waals surface area contributed by atoms with E-state index in [1.165, 1.54) is 0 Å². The van der Waals surface area contributed by atoms with Crippen molar-refractivity contribution in [3.05, 3.63) is 30.1 Å². The number of rotatable bonds is 2. The summed E-state index contributed by atoms with van der Waals surface area (Å²) in [6.45, 7) is 7.07. The molecule has 18 heavy (non-hydrogen) atoms. The lowest BCUT2D eigenvalue weighted by atomic mass is 10.2. The first-order valence-electron chi connectivity index (χ1n) is 6.52. The lowest BCUT2D eigenvalue weighted by Gasteiger charge is -2.34. The highest BCUT2D eigenvalue weighted by molar-refractivity contribution is 5.74. The summed E-state index contributed by atoms with van der Waals surface area (Å²) >= 11 is 0. The molecular formula is C14H19N3O. The molecule has 1 aromatic heterocycles. The molecule has 1 aliphatic rings. The minimum Gasteiger partial charge on any atom is -0.373 e. The molecule has 0 radical (unpaired) electrons. The predicted octanol–water partition coefficient (Wildman–Crippen LogP) is 2.17. The van der Waals surface area contributed by atoms with Crippen LogP contribution in [0.2, 0.25) is 0 Å². The summed E-state index contributed by atoms with van der Waals surface area (Å²) in [4.78, 5) is 10.4. The molecule has 1 N–H and O–H groups in total. The van der Waals surface area contributed by atoms with Gasteiger partial charge < -0.3 is 9.72 Å². The number of aromatic nitrogens is 2. The van der Waals surface area contributed by atoms with Crippen molar-refractivity contribution in [2.45, 2.75) is 32.6 Å². The fraction of sp³-hybridized carbons (Fsp3) is 0.500. The van der Waals surface area contributed by atoms with Crippen molar-refractivity contribution in [1.82, 2.24) is 14.9 Å². The minimum atomic E-state index is 0.304. The largest absolute Gasteiger partial charge is 0.373 e. The molecule has 0 spiro atoms. The van der Waals surface area contributed by atoms with E-state index in [9.17, 15) is 0 Å². The summed E-state index contributed by atoms with van der Waals surface area (Å²) in [5.74, 6) is 1.04. The highest BCUT2D eigenvalue weighted by Crippen LogP contribution is 2.15. The number of hydrogen-bond acceptors (Lipinski definition) is 3. The van der Waals surface area contributed by atoms with Crippen LogP contribution in [0.25, 0.3) is 11.0 Å². The van der Waals surface area contributed by atoms with E-state index >= 15 is 0 Å². The highest BCUT2D eigenvalue weighted by Gasteiger charge is 2.22. The van der Waals surface area contributed by atoms with Gasteiger partial charge in [0.2, 0.25) is 0 Å². The number of imidazole rings is 1. The quantitative estimate of drug-likeness (QED) is 0.881. The van der Waals surface area contributed by atoms with Crippen LogP contribution in [0.4, 0.5) is 0 Å². The predicted molar refractivity (Wildman–Crippen MR) is 71.4 cm³/mol. The highest BCUT2D eigenvalue weighted by atomic mass is 16.5. The van der Waals surface area contributed by atoms with E-state index in [1.54, 1.807) is 0 Å². The normalized spacial score (nSPS) is 25.7. The van der Waals surface area contributed by atoms with E-state index in [-0.39, 0.29) is 0 Å². The fourth-order valence-corrected chi connectivity index (χ4v) is 2.71. The first kappa shape index (κ1) is 11.7. The van der Waals surface area contributed by atoms with E-state index in [2.05, 4.69) is 34.8 Å². The lowest BCUT2D eigenvalue weighted by molar-refractivity contribution is -0.0710. The van der Waals surface area contributed by atoms with Crippen molar-refractivity contribution in [3.63, 3.8) is 0 Å². The van der Waals surface area contributed by atoms with Gasteiger partial charge in [0.15, 0.2) is 0 Å². The van der Waals surface area contributed by atoms with Gasteiger partial charge in [-0.15, -0.1) is 0 Å². The minimum absolute atomic E-state index is 0.304. The second-order valence-electron chi connectivity index (χ2n) is 5.15. The van der Waals surface area contributed by atoms with E-state index in [4.69, 9.17) is 4.74 Å². The molecular weight excluding hydrogens is 226 g/mol.